The highest BCUT2D eigenvalue weighted by atomic mass is 31.2. The molecular formula is C67H130O17P2. The van der Waals surface area contributed by atoms with Crippen molar-refractivity contribution >= 4 is 39.5 Å². The molecule has 0 saturated carbocycles. The highest BCUT2D eigenvalue weighted by molar-refractivity contribution is 7.47. The number of carbonyl (C=O) groups excluding carboxylic acids is 4. The maximum absolute atomic E-state index is 13.0. The fraction of sp³-hybridized carbons (Fsp3) is 0.940. The van der Waals surface area contributed by atoms with E-state index >= 15 is 0 Å². The Bertz CT molecular complexity index is 1710. The number of rotatable bonds is 64. The fourth-order valence-corrected chi connectivity index (χ4v) is 11.5. The second kappa shape index (κ2) is 57.0. The zero-order valence-electron chi connectivity index (χ0n) is 55.9. The molecule has 0 rings (SSSR count). The third kappa shape index (κ3) is 60.9. The Morgan fingerprint density at radius 1 is 0.291 bits per heavy atom. The van der Waals surface area contributed by atoms with E-state index in [2.05, 4.69) is 55.4 Å². The van der Waals surface area contributed by atoms with Gasteiger partial charge in [-0.15, -0.1) is 0 Å². The lowest BCUT2D eigenvalue weighted by Crippen LogP contribution is -2.30. The first-order valence-corrected chi connectivity index (χ1v) is 37.7. The van der Waals surface area contributed by atoms with Crippen molar-refractivity contribution in [2.75, 3.05) is 39.6 Å². The van der Waals surface area contributed by atoms with Gasteiger partial charge in [0.1, 0.15) is 19.3 Å². The number of aliphatic hydroxyl groups is 1. The smallest absolute Gasteiger partial charge is 0.462 e. The van der Waals surface area contributed by atoms with E-state index in [9.17, 15) is 43.2 Å². The number of hydrogen-bond acceptors (Lipinski definition) is 15. The molecule has 0 bridgehead atoms. The first-order chi connectivity index (χ1) is 41.1. The Labute approximate surface area is 524 Å². The first-order valence-electron chi connectivity index (χ1n) is 34.7. The van der Waals surface area contributed by atoms with Crippen molar-refractivity contribution in [2.45, 2.75) is 343 Å². The van der Waals surface area contributed by atoms with E-state index in [1.54, 1.807) is 0 Å². The van der Waals surface area contributed by atoms with Crippen molar-refractivity contribution in [3.63, 3.8) is 0 Å². The zero-order chi connectivity index (χ0) is 63.9. The molecule has 0 aliphatic carbocycles. The lowest BCUT2D eigenvalue weighted by atomic mass is 10.0. The molecule has 86 heavy (non-hydrogen) atoms. The highest BCUT2D eigenvalue weighted by Crippen LogP contribution is 2.45. The van der Waals surface area contributed by atoms with Gasteiger partial charge in [-0.25, -0.2) is 9.13 Å². The van der Waals surface area contributed by atoms with Crippen molar-refractivity contribution in [3.05, 3.63) is 0 Å². The van der Waals surface area contributed by atoms with Crippen LogP contribution in [0.15, 0.2) is 0 Å². The van der Waals surface area contributed by atoms with E-state index in [1.165, 1.54) is 122 Å². The van der Waals surface area contributed by atoms with Crippen LogP contribution in [0.3, 0.4) is 0 Å². The Morgan fingerprint density at radius 2 is 0.488 bits per heavy atom. The van der Waals surface area contributed by atoms with Crippen molar-refractivity contribution in [1.29, 1.82) is 0 Å². The number of ether oxygens (including phenoxy) is 4. The van der Waals surface area contributed by atoms with E-state index in [4.69, 9.17) is 37.0 Å². The van der Waals surface area contributed by atoms with E-state index in [0.717, 1.165) is 114 Å². The molecule has 2 unspecified atom stereocenters. The third-order valence-corrected chi connectivity index (χ3v) is 17.2. The Kier molecular flexibility index (Phi) is 55.7. The van der Waals surface area contributed by atoms with Crippen LogP contribution in [0.2, 0.25) is 0 Å². The number of phosphoric ester groups is 2. The second-order valence-corrected chi connectivity index (χ2v) is 29.0. The minimum Gasteiger partial charge on any atom is -0.462 e. The molecule has 0 fully saturated rings. The van der Waals surface area contributed by atoms with Gasteiger partial charge in [-0.2, -0.15) is 0 Å². The second-order valence-electron chi connectivity index (χ2n) is 26.1. The molecule has 510 valence electrons. The van der Waals surface area contributed by atoms with Crippen LogP contribution in [0.5, 0.6) is 0 Å². The molecule has 0 aromatic heterocycles. The van der Waals surface area contributed by atoms with Crippen molar-refractivity contribution < 1.29 is 80.2 Å². The van der Waals surface area contributed by atoms with Crippen LogP contribution in [-0.2, 0) is 65.4 Å². The topological polar surface area (TPSA) is 237 Å². The predicted molar refractivity (Wildman–Crippen MR) is 344 cm³/mol. The average molecular weight is 1270 g/mol. The molecule has 0 aliphatic rings. The maximum Gasteiger partial charge on any atom is 0.472 e. The van der Waals surface area contributed by atoms with E-state index in [0.29, 0.717) is 31.6 Å². The van der Waals surface area contributed by atoms with Gasteiger partial charge in [0.15, 0.2) is 12.2 Å². The van der Waals surface area contributed by atoms with Gasteiger partial charge >= 0.3 is 39.5 Å². The summed E-state index contributed by atoms with van der Waals surface area (Å²) in [5.41, 5.74) is 0. The highest BCUT2D eigenvalue weighted by Gasteiger charge is 2.30. The molecule has 0 aromatic carbocycles. The molecule has 17 nitrogen and oxygen atoms in total. The van der Waals surface area contributed by atoms with Gasteiger partial charge in [-0.1, -0.05) is 274 Å². The van der Waals surface area contributed by atoms with Crippen LogP contribution < -0.4 is 0 Å². The Balaban J connectivity index is 5.25. The SMILES string of the molecule is CC(C)CCCCCCCCCCCCC(=O)O[C@H](COC(=O)CCCCCCCCC(C)C)COP(=O)(O)OC[C@H](O)COP(=O)(O)OC[C@@H](COC(=O)CCCCCCCCCCCC(C)C)OC(=O)CCCCCCCCCCCC(C)C. The van der Waals surface area contributed by atoms with Gasteiger partial charge in [-0.3, -0.25) is 37.3 Å². The molecule has 0 heterocycles. The lowest BCUT2D eigenvalue weighted by molar-refractivity contribution is -0.161. The number of phosphoric acid groups is 2. The van der Waals surface area contributed by atoms with Crippen LogP contribution >= 0.6 is 15.6 Å². The Morgan fingerprint density at radius 3 is 0.721 bits per heavy atom. The van der Waals surface area contributed by atoms with Crippen LogP contribution in [0.25, 0.3) is 0 Å². The van der Waals surface area contributed by atoms with Crippen molar-refractivity contribution in [2.24, 2.45) is 23.7 Å². The molecule has 0 radical (unpaired) electrons. The predicted octanol–water partition coefficient (Wildman–Crippen LogP) is 18.5. The summed E-state index contributed by atoms with van der Waals surface area (Å²) in [5, 5.41) is 10.6. The van der Waals surface area contributed by atoms with Crippen LogP contribution in [0.1, 0.15) is 325 Å². The minimum atomic E-state index is -4.95. The molecule has 19 heteroatoms. The summed E-state index contributed by atoms with van der Waals surface area (Å²) in [6.07, 6.45) is 37.7. The number of esters is 4. The van der Waals surface area contributed by atoms with Crippen molar-refractivity contribution in [1.82, 2.24) is 0 Å². The van der Waals surface area contributed by atoms with Gasteiger partial charge in [0.25, 0.3) is 0 Å². The minimum absolute atomic E-state index is 0.104. The van der Waals surface area contributed by atoms with Gasteiger partial charge in [0.2, 0.25) is 0 Å². The van der Waals surface area contributed by atoms with Crippen LogP contribution in [-0.4, -0.2) is 96.7 Å². The average Bonchev–Trinajstić information content (AvgIpc) is 3.66. The van der Waals surface area contributed by atoms with E-state index < -0.39 is 97.5 Å². The molecular weight excluding hydrogens is 1140 g/mol. The van der Waals surface area contributed by atoms with Crippen LogP contribution in [0.4, 0.5) is 0 Å². The number of unbranched alkanes of at least 4 members (excludes halogenated alkanes) is 30. The maximum atomic E-state index is 13.0. The fourth-order valence-electron chi connectivity index (χ4n) is 9.96. The molecule has 0 saturated heterocycles. The quantitative estimate of drug-likeness (QED) is 0.0222. The monoisotopic (exact) mass is 1270 g/mol. The van der Waals surface area contributed by atoms with E-state index in [-0.39, 0.29) is 25.7 Å². The zero-order valence-corrected chi connectivity index (χ0v) is 57.7. The third-order valence-electron chi connectivity index (χ3n) is 15.3. The van der Waals surface area contributed by atoms with Crippen LogP contribution in [0, 0.1) is 23.7 Å². The van der Waals surface area contributed by atoms with Gasteiger partial charge in [-0.05, 0) is 49.4 Å². The number of carbonyl (C=O) groups is 4. The molecule has 0 aromatic rings. The molecule has 3 N–H and O–H groups in total. The first kappa shape index (κ1) is 84.1. The molecule has 0 spiro atoms. The summed E-state index contributed by atoms with van der Waals surface area (Å²) < 4.78 is 68.1. The standard InChI is InChI=1S/C67H130O17P2/c1-57(2)43-35-27-19-13-9-10-16-23-33-41-49-66(71)84-63(54-78-65(70)48-40-32-26-25-30-38-46-60(7)8)56-82-86(75,76)80-52-61(68)51-79-85(73,74)81-55-62(83-67(72)50-42-34-24-18-12-15-21-29-37-45-59(5)6)53-77-64(69)47-39-31-22-17-11-14-20-28-36-44-58(3)4/h57-63,68H,9-56H2,1-8H3,(H,73,74)(H,75,76)/t61-,62-,63-/m1/s1. The lowest BCUT2D eigenvalue weighted by Gasteiger charge is -2.21. The number of aliphatic hydroxyl groups excluding tert-OH is 1. The Hall–Kier alpha value is -1.94. The summed E-state index contributed by atoms with van der Waals surface area (Å²) in [6, 6.07) is 0. The van der Waals surface area contributed by atoms with Gasteiger partial charge < -0.3 is 33.8 Å². The summed E-state index contributed by atoms with van der Waals surface area (Å²) in [7, 11) is -9.90. The van der Waals surface area contributed by atoms with Crippen molar-refractivity contribution in [3.8, 4) is 0 Å². The van der Waals surface area contributed by atoms with Gasteiger partial charge in [0, 0.05) is 25.7 Å². The van der Waals surface area contributed by atoms with E-state index in [1.807, 2.05) is 0 Å². The summed E-state index contributed by atoms with van der Waals surface area (Å²) in [6.45, 7) is 14.0. The molecule has 0 amide bonds. The largest absolute Gasteiger partial charge is 0.472 e. The normalized spacial score (nSPS) is 14.4. The number of hydrogen-bond donors (Lipinski definition) is 3. The van der Waals surface area contributed by atoms with Gasteiger partial charge in [0.05, 0.1) is 26.4 Å². The summed E-state index contributed by atoms with van der Waals surface area (Å²) >= 11 is 0. The molecule has 5 atom stereocenters. The molecule has 0 aliphatic heterocycles. The summed E-state index contributed by atoms with van der Waals surface area (Å²) in [4.78, 5) is 72.4. The summed E-state index contributed by atoms with van der Waals surface area (Å²) in [5.74, 6) is 0.776.